The zero-order valence-corrected chi connectivity index (χ0v) is 22.1. The average Bonchev–Trinajstić information content (AvgIpc) is 3.26. The molecule has 5 rings (SSSR count). The third-order valence-electron chi connectivity index (χ3n) is 6.46. The van der Waals surface area contributed by atoms with E-state index in [1.807, 2.05) is 24.3 Å². The van der Waals surface area contributed by atoms with Gasteiger partial charge in [0.25, 0.3) is 0 Å². The molecule has 0 unspecified atom stereocenters. The maximum Gasteiger partial charge on any atom is 0.152 e. The van der Waals surface area contributed by atoms with Crippen LogP contribution in [0.2, 0.25) is 0 Å². The summed E-state index contributed by atoms with van der Waals surface area (Å²) in [6, 6.07) is 19.4. The number of hydrogen-bond donors (Lipinski definition) is 0. The molecular weight excluding hydrogens is 484 g/mol. The second-order valence-electron chi connectivity index (χ2n) is 8.39. The normalized spacial score (nSPS) is 14.2. The Morgan fingerprint density at radius 1 is 0.474 bits per heavy atom. The van der Waals surface area contributed by atoms with Gasteiger partial charge in [-0.25, -0.2) is 9.98 Å². The van der Waals surface area contributed by atoms with Crippen LogP contribution in [0.3, 0.4) is 0 Å². The molecule has 0 saturated carbocycles. The summed E-state index contributed by atoms with van der Waals surface area (Å²) in [4.78, 5) is 10.2. The number of methoxy groups -OCH3 is 6. The van der Waals surface area contributed by atoms with Crippen LogP contribution in [0.5, 0.6) is 34.5 Å². The largest absolute Gasteiger partial charge is 0.496 e. The Morgan fingerprint density at radius 3 is 1.16 bits per heavy atom. The van der Waals surface area contributed by atoms with Gasteiger partial charge in [-0.2, -0.15) is 0 Å². The topological polar surface area (TPSA) is 80.1 Å². The van der Waals surface area contributed by atoms with Gasteiger partial charge in [-0.05, 0) is 5.39 Å². The Hall–Kier alpha value is -4.72. The maximum absolute atomic E-state index is 5.68. The second kappa shape index (κ2) is 10.3. The summed E-state index contributed by atoms with van der Waals surface area (Å²) in [5, 5.41) is 2.14. The van der Waals surface area contributed by atoms with Crippen LogP contribution >= 0.6 is 0 Å². The number of rotatable bonds is 8. The molecule has 8 nitrogen and oxygen atoms in total. The summed E-state index contributed by atoms with van der Waals surface area (Å²) in [6.45, 7) is 0. The minimum atomic E-state index is 0.510. The summed E-state index contributed by atoms with van der Waals surface area (Å²) < 4.78 is 33.6. The maximum atomic E-state index is 5.68. The molecule has 0 atom stereocenters. The van der Waals surface area contributed by atoms with Crippen LogP contribution in [0.25, 0.3) is 10.8 Å². The van der Waals surface area contributed by atoms with Gasteiger partial charge in [0.2, 0.25) is 0 Å². The Labute approximate surface area is 221 Å². The first-order valence-electron chi connectivity index (χ1n) is 11.9. The van der Waals surface area contributed by atoms with Crippen LogP contribution in [-0.4, -0.2) is 54.1 Å². The van der Waals surface area contributed by atoms with E-state index in [1.165, 1.54) is 0 Å². The lowest BCUT2D eigenvalue weighted by molar-refractivity contribution is 0.377. The standard InChI is InChI=1S/C30H28N2O6/c1-33-18-13-22(35-3)29(23(14-18)36-4)31-27-20-11-7-9-17-10-8-12-21(26(17)20)28(27)32-30-24(37-5)15-19(34-2)16-25(30)38-6/h7-16H,1-6H3. The van der Waals surface area contributed by atoms with Crippen molar-refractivity contribution in [3.63, 3.8) is 0 Å². The SMILES string of the molecule is COc1cc(OC)c(N=C2C(=Nc3c(OC)cc(OC)cc3OC)c3cccc4cccc2c34)c(OC)c1. The Balaban J connectivity index is 1.84. The first kappa shape index (κ1) is 25.0. The fraction of sp³-hybridized carbons (Fsp3) is 0.200. The van der Waals surface area contributed by atoms with Crippen molar-refractivity contribution in [3.05, 3.63) is 71.8 Å². The van der Waals surface area contributed by atoms with Crippen molar-refractivity contribution in [2.24, 2.45) is 9.98 Å². The van der Waals surface area contributed by atoms with Crippen LogP contribution in [0.4, 0.5) is 11.4 Å². The van der Waals surface area contributed by atoms with Crippen molar-refractivity contribution in [1.82, 2.24) is 0 Å². The quantitative estimate of drug-likeness (QED) is 0.282. The molecule has 1 aliphatic rings. The molecule has 194 valence electrons. The molecule has 38 heavy (non-hydrogen) atoms. The molecular formula is C30H28N2O6. The van der Waals surface area contributed by atoms with Crippen molar-refractivity contribution >= 4 is 33.6 Å². The minimum absolute atomic E-state index is 0.510. The lowest BCUT2D eigenvalue weighted by Crippen LogP contribution is -2.11. The highest BCUT2D eigenvalue weighted by molar-refractivity contribution is 6.61. The molecule has 4 aromatic rings. The molecule has 0 fully saturated rings. The molecule has 4 aromatic carbocycles. The summed E-state index contributed by atoms with van der Waals surface area (Å²) in [5.41, 5.74) is 4.28. The lowest BCUT2D eigenvalue weighted by atomic mass is 10.1. The van der Waals surface area contributed by atoms with Gasteiger partial charge in [-0.1, -0.05) is 36.4 Å². The molecule has 0 aromatic heterocycles. The van der Waals surface area contributed by atoms with Crippen LogP contribution in [0.1, 0.15) is 11.1 Å². The van der Waals surface area contributed by atoms with Gasteiger partial charge in [0.15, 0.2) is 23.0 Å². The van der Waals surface area contributed by atoms with Gasteiger partial charge in [-0.15, -0.1) is 0 Å². The molecule has 0 N–H and O–H groups in total. The zero-order valence-electron chi connectivity index (χ0n) is 22.1. The molecule has 8 heteroatoms. The zero-order chi connectivity index (χ0) is 26.8. The Morgan fingerprint density at radius 2 is 0.842 bits per heavy atom. The van der Waals surface area contributed by atoms with Crippen LogP contribution in [-0.2, 0) is 0 Å². The molecule has 0 saturated heterocycles. The van der Waals surface area contributed by atoms with E-state index in [0.29, 0.717) is 57.3 Å². The first-order valence-corrected chi connectivity index (χ1v) is 11.9. The van der Waals surface area contributed by atoms with Crippen molar-refractivity contribution in [3.8, 4) is 34.5 Å². The third-order valence-corrected chi connectivity index (χ3v) is 6.46. The molecule has 0 heterocycles. The summed E-state index contributed by atoms with van der Waals surface area (Å²) in [6.07, 6.45) is 0. The third kappa shape index (κ3) is 4.14. The van der Waals surface area contributed by atoms with Gasteiger partial charge in [0.1, 0.15) is 22.9 Å². The summed E-state index contributed by atoms with van der Waals surface area (Å²) in [7, 11) is 9.53. The summed E-state index contributed by atoms with van der Waals surface area (Å²) in [5.74, 6) is 3.24. The average molecular weight is 513 g/mol. The molecule has 0 bridgehead atoms. The monoisotopic (exact) mass is 512 g/mol. The van der Waals surface area contributed by atoms with Gasteiger partial charge in [0.05, 0.1) is 54.1 Å². The van der Waals surface area contributed by atoms with E-state index in [4.69, 9.17) is 38.4 Å². The Bertz CT molecular complexity index is 1430. The molecule has 1 aliphatic carbocycles. The van der Waals surface area contributed by atoms with E-state index in [9.17, 15) is 0 Å². The number of hydrogen-bond acceptors (Lipinski definition) is 8. The van der Waals surface area contributed by atoms with Crippen molar-refractivity contribution in [1.29, 1.82) is 0 Å². The predicted octanol–water partition coefficient (Wildman–Crippen LogP) is 6.15. The highest BCUT2D eigenvalue weighted by atomic mass is 16.5. The van der Waals surface area contributed by atoms with Gasteiger partial charge in [0, 0.05) is 40.8 Å². The summed E-state index contributed by atoms with van der Waals surface area (Å²) >= 11 is 0. The fourth-order valence-electron chi connectivity index (χ4n) is 4.64. The minimum Gasteiger partial charge on any atom is -0.496 e. The van der Waals surface area contributed by atoms with E-state index in [2.05, 4.69) is 12.1 Å². The smallest absolute Gasteiger partial charge is 0.152 e. The van der Waals surface area contributed by atoms with Gasteiger partial charge in [-0.3, -0.25) is 0 Å². The highest BCUT2D eigenvalue weighted by Gasteiger charge is 2.29. The Kier molecular flexibility index (Phi) is 6.79. The van der Waals surface area contributed by atoms with Crippen molar-refractivity contribution < 1.29 is 28.4 Å². The number of nitrogens with zero attached hydrogens (tertiary/aromatic N) is 2. The van der Waals surface area contributed by atoms with Crippen LogP contribution in [0, 0.1) is 0 Å². The second-order valence-corrected chi connectivity index (χ2v) is 8.39. The lowest BCUT2D eigenvalue weighted by Gasteiger charge is -2.14. The molecule has 0 amide bonds. The van der Waals surface area contributed by atoms with E-state index >= 15 is 0 Å². The predicted molar refractivity (Wildman–Crippen MR) is 149 cm³/mol. The molecule has 0 spiro atoms. The number of ether oxygens (including phenoxy) is 6. The molecule has 0 aliphatic heterocycles. The van der Waals surface area contributed by atoms with E-state index < -0.39 is 0 Å². The van der Waals surface area contributed by atoms with E-state index in [-0.39, 0.29) is 0 Å². The van der Waals surface area contributed by atoms with Crippen molar-refractivity contribution in [2.45, 2.75) is 0 Å². The molecule has 0 radical (unpaired) electrons. The van der Waals surface area contributed by atoms with E-state index in [1.54, 1.807) is 66.9 Å². The number of benzene rings is 4. The van der Waals surface area contributed by atoms with Gasteiger partial charge < -0.3 is 28.4 Å². The fourth-order valence-corrected chi connectivity index (χ4v) is 4.64. The van der Waals surface area contributed by atoms with Crippen LogP contribution in [0.15, 0.2) is 70.6 Å². The van der Waals surface area contributed by atoms with Crippen LogP contribution < -0.4 is 28.4 Å². The van der Waals surface area contributed by atoms with E-state index in [0.717, 1.165) is 21.9 Å². The first-order chi connectivity index (χ1) is 18.6. The highest BCUT2D eigenvalue weighted by Crippen LogP contribution is 2.45. The van der Waals surface area contributed by atoms with Crippen molar-refractivity contribution in [2.75, 3.05) is 42.7 Å². The van der Waals surface area contributed by atoms with Gasteiger partial charge >= 0.3 is 0 Å². The number of aliphatic imine (C=N–C) groups is 2.